The number of nitrogens with one attached hydrogen (secondary N) is 1. The molecule has 1 N–H and O–H groups in total. The normalized spacial score (nSPS) is 17.1. The highest BCUT2D eigenvalue weighted by molar-refractivity contribution is 7.22. The number of carbonyl (C=O) groups is 1. The first-order chi connectivity index (χ1) is 14.3. The van der Waals surface area contributed by atoms with Crippen LogP contribution in [0.1, 0.15) is 18.5 Å². The van der Waals surface area contributed by atoms with Gasteiger partial charge in [0.2, 0.25) is 5.91 Å². The summed E-state index contributed by atoms with van der Waals surface area (Å²) in [7, 11) is 0. The standard InChI is InChI=1S/C22H23N5OS/c28-21(23-11-10-17-15-26-12-4-3-9-20(26)24-17)16-6-5-13-27(14-16)22-25-18-7-1-2-8-19(18)29-22/h1-4,7-9,12,15-16H,5-6,10-11,13-14H2,(H,23,28)/t16-/m1/s1. The van der Waals surface area contributed by atoms with Crippen molar-refractivity contribution in [2.75, 3.05) is 24.5 Å². The number of carbonyl (C=O) groups excluding carboxylic acids is 1. The number of aromatic nitrogens is 3. The van der Waals surface area contributed by atoms with Gasteiger partial charge in [0.1, 0.15) is 5.65 Å². The molecule has 1 fully saturated rings. The number of thiazole rings is 1. The molecule has 6 nitrogen and oxygen atoms in total. The van der Waals surface area contributed by atoms with Crippen molar-refractivity contribution in [3.63, 3.8) is 0 Å². The van der Waals surface area contributed by atoms with Crippen LogP contribution in [0.4, 0.5) is 5.13 Å². The number of piperidine rings is 1. The Morgan fingerprint density at radius 2 is 2.07 bits per heavy atom. The van der Waals surface area contributed by atoms with Gasteiger partial charge < -0.3 is 14.6 Å². The Hall–Kier alpha value is -2.93. The number of amides is 1. The van der Waals surface area contributed by atoms with Crippen molar-refractivity contribution < 1.29 is 4.79 Å². The van der Waals surface area contributed by atoms with Crippen LogP contribution in [-0.2, 0) is 11.2 Å². The number of para-hydroxylation sites is 1. The van der Waals surface area contributed by atoms with E-state index < -0.39 is 0 Å². The van der Waals surface area contributed by atoms with Crippen molar-refractivity contribution in [1.82, 2.24) is 19.7 Å². The van der Waals surface area contributed by atoms with E-state index in [1.165, 1.54) is 4.70 Å². The number of imidazole rings is 1. The topological polar surface area (TPSA) is 62.5 Å². The summed E-state index contributed by atoms with van der Waals surface area (Å²) in [5.41, 5.74) is 2.97. The minimum absolute atomic E-state index is 0.0110. The van der Waals surface area contributed by atoms with Crippen molar-refractivity contribution in [2.45, 2.75) is 19.3 Å². The van der Waals surface area contributed by atoms with Crippen molar-refractivity contribution >= 4 is 38.2 Å². The van der Waals surface area contributed by atoms with Crippen LogP contribution in [0.2, 0.25) is 0 Å². The van der Waals surface area contributed by atoms with Gasteiger partial charge in [0, 0.05) is 38.4 Å². The molecule has 0 unspecified atom stereocenters. The zero-order valence-electron chi connectivity index (χ0n) is 16.1. The molecular weight excluding hydrogens is 382 g/mol. The van der Waals surface area contributed by atoms with Crippen LogP contribution in [0.15, 0.2) is 54.9 Å². The Balaban J connectivity index is 1.18. The van der Waals surface area contributed by atoms with Gasteiger partial charge in [-0.15, -0.1) is 0 Å². The third kappa shape index (κ3) is 3.82. The number of benzene rings is 1. The molecule has 0 spiro atoms. The molecule has 1 atom stereocenters. The minimum atomic E-state index is 0.0110. The Kier molecular flexibility index (Phi) is 4.89. The van der Waals surface area contributed by atoms with Gasteiger partial charge in [-0.2, -0.15) is 0 Å². The maximum atomic E-state index is 12.7. The number of hydrogen-bond acceptors (Lipinski definition) is 5. The fourth-order valence-electron chi connectivity index (χ4n) is 3.93. The lowest BCUT2D eigenvalue weighted by atomic mass is 9.97. The van der Waals surface area contributed by atoms with E-state index in [9.17, 15) is 4.79 Å². The highest BCUT2D eigenvalue weighted by Gasteiger charge is 2.27. The zero-order valence-corrected chi connectivity index (χ0v) is 16.9. The first-order valence-electron chi connectivity index (χ1n) is 10.1. The second-order valence-electron chi connectivity index (χ2n) is 7.49. The van der Waals surface area contributed by atoms with Gasteiger partial charge in [0.15, 0.2) is 5.13 Å². The molecule has 0 radical (unpaired) electrons. The molecule has 148 valence electrons. The minimum Gasteiger partial charge on any atom is -0.355 e. The van der Waals surface area contributed by atoms with Gasteiger partial charge in [0.25, 0.3) is 0 Å². The van der Waals surface area contributed by atoms with Crippen molar-refractivity contribution in [3.8, 4) is 0 Å². The maximum absolute atomic E-state index is 12.7. The first kappa shape index (κ1) is 18.1. The zero-order chi connectivity index (χ0) is 19.6. The van der Waals surface area contributed by atoms with Crippen molar-refractivity contribution in [2.24, 2.45) is 5.92 Å². The van der Waals surface area contributed by atoms with E-state index in [2.05, 4.69) is 21.3 Å². The molecule has 0 saturated carbocycles. The second kappa shape index (κ2) is 7.83. The highest BCUT2D eigenvalue weighted by atomic mass is 32.1. The first-order valence-corrected chi connectivity index (χ1v) is 10.9. The lowest BCUT2D eigenvalue weighted by molar-refractivity contribution is -0.125. The predicted molar refractivity (Wildman–Crippen MR) is 116 cm³/mol. The van der Waals surface area contributed by atoms with Gasteiger partial charge in [-0.25, -0.2) is 9.97 Å². The van der Waals surface area contributed by atoms with Gasteiger partial charge in [0.05, 0.1) is 21.8 Å². The average Bonchev–Trinajstić information content (AvgIpc) is 3.37. The summed E-state index contributed by atoms with van der Waals surface area (Å²) in [5.74, 6) is 0.149. The smallest absolute Gasteiger partial charge is 0.224 e. The number of hydrogen-bond donors (Lipinski definition) is 1. The van der Waals surface area contributed by atoms with Gasteiger partial charge >= 0.3 is 0 Å². The highest BCUT2D eigenvalue weighted by Crippen LogP contribution is 2.31. The Morgan fingerprint density at radius 1 is 1.17 bits per heavy atom. The van der Waals surface area contributed by atoms with E-state index in [0.29, 0.717) is 6.54 Å². The SMILES string of the molecule is O=C(NCCc1cn2ccccc2n1)[C@@H]1CCCN(c2nc3ccccc3s2)C1. The van der Waals surface area contributed by atoms with Crippen LogP contribution < -0.4 is 10.2 Å². The van der Waals surface area contributed by atoms with Crippen LogP contribution in [0.5, 0.6) is 0 Å². The number of nitrogens with zero attached hydrogens (tertiary/aromatic N) is 4. The average molecular weight is 406 g/mol. The molecule has 29 heavy (non-hydrogen) atoms. The van der Waals surface area contributed by atoms with E-state index in [1.807, 2.05) is 53.2 Å². The maximum Gasteiger partial charge on any atom is 0.224 e. The van der Waals surface area contributed by atoms with Crippen LogP contribution in [0.3, 0.4) is 0 Å². The summed E-state index contributed by atoms with van der Waals surface area (Å²) in [6, 6.07) is 14.2. The lowest BCUT2D eigenvalue weighted by Crippen LogP contribution is -2.43. The van der Waals surface area contributed by atoms with Gasteiger partial charge in [-0.1, -0.05) is 29.5 Å². The molecule has 1 amide bonds. The second-order valence-corrected chi connectivity index (χ2v) is 8.50. The molecule has 0 aliphatic carbocycles. The van der Waals surface area contributed by atoms with E-state index in [0.717, 1.165) is 54.3 Å². The number of fused-ring (bicyclic) bond motifs is 2. The molecule has 4 heterocycles. The molecule has 5 rings (SSSR count). The van der Waals surface area contributed by atoms with E-state index in [4.69, 9.17) is 4.98 Å². The molecule has 7 heteroatoms. The molecule has 3 aromatic heterocycles. The molecule has 0 bridgehead atoms. The largest absolute Gasteiger partial charge is 0.355 e. The fourth-order valence-corrected chi connectivity index (χ4v) is 4.93. The number of rotatable bonds is 5. The van der Waals surface area contributed by atoms with Crippen LogP contribution >= 0.6 is 11.3 Å². The molecule has 4 aromatic rings. The quantitative estimate of drug-likeness (QED) is 0.552. The Morgan fingerprint density at radius 3 is 2.97 bits per heavy atom. The molecule has 1 aliphatic rings. The molecular formula is C22H23N5OS. The van der Waals surface area contributed by atoms with Crippen molar-refractivity contribution in [1.29, 1.82) is 0 Å². The Bertz CT molecular complexity index is 1080. The van der Waals surface area contributed by atoms with Crippen molar-refractivity contribution in [3.05, 3.63) is 60.6 Å². The summed E-state index contributed by atoms with van der Waals surface area (Å²) < 4.78 is 3.20. The summed E-state index contributed by atoms with van der Waals surface area (Å²) in [4.78, 5) is 24.3. The third-order valence-corrected chi connectivity index (χ3v) is 6.54. The third-order valence-electron chi connectivity index (χ3n) is 5.44. The monoisotopic (exact) mass is 405 g/mol. The predicted octanol–water partition coefficient (Wildman–Crippen LogP) is 3.52. The van der Waals surface area contributed by atoms with Crippen LogP contribution in [0.25, 0.3) is 15.9 Å². The van der Waals surface area contributed by atoms with E-state index >= 15 is 0 Å². The summed E-state index contributed by atoms with van der Waals surface area (Å²) in [5, 5.41) is 4.13. The fraction of sp³-hybridized carbons (Fsp3) is 0.318. The van der Waals surface area contributed by atoms with E-state index in [-0.39, 0.29) is 11.8 Å². The number of anilines is 1. The van der Waals surface area contributed by atoms with E-state index in [1.54, 1.807) is 11.3 Å². The molecule has 1 aliphatic heterocycles. The van der Waals surface area contributed by atoms with Gasteiger partial charge in [-0.3, -0.25) is 4.79 Å². The van der Waals surface area contributed by atoms with Gasteiger partial charge in [-0.05, 0) is 37.1 Å². The lowest BCUT2D eigenvalue weighted by Gasteiger charge is -2.31. The molecule has 1 aromatic carbocycles. The summed E-state index contributed by atoms with van der Waals surface area (Å²) >= 11 is 1.71. The molecule has 1 saturated heterocycles. The van der Waals surface area contributed by atoms with Crippen LogP contribution in [0, 0.1) is 5.92 Å². The summed E-state index contributed by atoms with van der Waals surface area (Å²) in [6.45, 7) is 2.31. The Labute approximate surface area is 173 Å². The number of pyridine rings is 1. The summed E-state index contributed by atoms with van der Waals surface area (Å²) in [6.07, 6.45) is 6.70. The van der Waals surface area contributed by atoms with Crippen LogP contribution in [-0.4, -0.2) is 39.9 Å².